The van der Waals surface area contributed by atoms with Crippen LogP contribution >= 0.6 is 0 Å². The van der Waals surface area contributed by atoms with Crippen molar-refractivity contribution in [1.82, 2.24) is 19.9 Å². The normalized spacial score (nSPS) is 17.0. The van der Waals surface area contributed by atoms with E-state index in [1.807, 2.05) is 4.90 Å². The first kappa shape index (κ1) is 17.4. The van der Waals surface area contributed by atoms with E-state index in [9.17, 15) is 14.3 Å². The molecule has 0 radical (unpaired) electrons. The molecule has 27 heavy (non-hydrogen) atoms. The first-order valence-corrected chi connectivity index (χ1v) is 8.89. The van der Waals surface area contributed by atoms with Gasteiger partial charge >= 0.3 is 5.97 Å². The lowest BCUT2D eigenvalue weighted by Gasteiger charge is -2.27. The summed E-state index contributed by atoms with van der Waals surface area (Å²) in [5.41, 5.74) is 1.26. The summed E-state index contributed by atoms with van der Waals surface area (Å²) in [5.74, 6) is -0.602. The summed E-state index contributed by atoms with van der Waals surface area (Å²) < 4.78 is 13.5. The van der Waals surface area contributed by atoms with Gasteiger partial charge in [0.15, 0.2) is 0 Å². The molecule has 0 spiro atoms. The SMILES string of the molecule is O=C(O)[C@H](c1c[nH]c2cc(F)ccc12)N1CCCN(c2ncccn2)CC1. The fourth-order valence-electron chi connectivity index (χ4n) is 3.68. The Hall–Kier alpha value is -3.00. The molecule has 7 nitrogen and oxygen atoms in total. The molecule has 2 aromatic heterocycles. The van der Waals surface area contributed by atoms with Crippen molar-refractivity contribution >= 4 is 22.8 Å². The molecular weight excluding hydrogens is 349 g/mol. The number of rotatable bonds is 4. The van der Waals surface area contributed by atoms with E-state index in [0.717, 1.165) is 18.4 Å². The van der Waals surface area contributed by atoms with Gasteiger partial charge in [0.1, 0.15) is 11.9 Å². The summed E-state index contributed by atoms with van der Waals surface area (Å²) in [7, 11) is 0. The Balaban J connectivity index is 1.60. The molecule has 2 N–H and O–H groups in total. The lowest BCUT2D eigenvalue weighted by Crippen LogP contribution is -2.37. The topological polar surface area (TPSA) is 85.4 Å². The molecule has 1 aromatic carbocycles. The number of aromatic nitrogens is 3. The molecule has 8 heteroatoms. The van der Waals surface area contributed by atoms with Crippen molar-refractivity contribution in [2.24, 2.45) is 0 Å². The van der Waals surface area contributed by atoms with Gasteiger partial charge in [-0.05, 0) is 30.7 Å². The number of anilines is 1. The van der Waals surface area contributed by atoms with Gasteiger partial charge in [0.05, 0.1) is 0 Å². The van der Waals surface area contributed by atoms with Crippen molar-refractivity contribution in [2.75, 3.05) is 31.1 Å². The molecule has 3 aromatic rings. The molecule has 0 bridgehead atoms. The Morgan fingerprint density at radius 3 is 2.78 bits per heavy atom. The molecule has 3 heterocycles. The van der Waals surface area contributed by atoms with E-state index >= 15 is 0 Å². The molecule has 1 aliphatic rings. The molecular formula is C19H20FN5O2. The molecule has 1 aliphatic heterocycles. The van der Waals surface area contributed by atoms with Crippen LogP contribution in [0, 0.1) is 5.82 Å². The molecule has 1 fully saturated rings. The highest BCUT2D eigenvalue weighted by Crippen LogP contribution is 2.30. The van der Waals surface area contributed by atoms with E-state index in [-0.39, 0.29) is 5.82 Å². The predicted molar refractivity (Wildman–Crippen MR) is 99.1 cm³/mol. The van der Waals surface area contributed by atoms with Gasteiger partial charge in [-0.1, -0.05) is 0 Å². The number of nitrogens with one attached hydrogen (secondary N) is 1. The smallest absolute Gasteiger partial charge is 0.325 e. The van der Waals surface area contributed by atoms with Crippen LogP contribution in [0.3, 0.4) is 0 Å². The zero-order valence-corrected chi connectivity index (χ0v) is 14.7. The van der Waals surface area contributed by atoms with Gasteiger partial charge in [0.2, 0.25) is 5.95 Å². The van der Waals surface area contributed by atoms with Crippen LogP contribution in [0.2, 0.25) is 0 Å². The average molecular weight is 369 g/mol. The van der Waals surface area contributed by atoms with Gasteiger partial charge in [0.25, 0.3) is 0 Å². The third-order valence-corrected chi connectivity index (χ3v) is 4.93. The zero-order chi connectivity index (χ0) is 18.8. The molecule has 4 rings (SSSR count). The standard InChI is InChI=1S/C19H20FN5O2/c20-13-3-4-14-15(12-23-16(14)11-13)17(18(26)27)24-7-2-8-25(10-9-24)19-21-5-1-6-22-19/h1,3-6,11-12,17,23H,2,7-10H2,(H,26,27)/t17-/m0/s1. The number of carboxylic acid groups (broad SMARTS) is 1. The lowest BCUT2D eigenvalue weighted by molar-refractivity contribution is -0.143. The second-order valence-corrected chi connectivity index (χ2v) is 6.60. The molecule has 1 saturated heterocycles. The number of aliphatic carboxylic acids is 1. The summed E-state index contributed by atoms with van der Waals surface area (Å²) >= 11 is 0. The number of carbonyl (C=O) groups is 1. The van der Waals surface area contributed by atoms with Gasteiger partial charge in [-0.15, -0.1) is 0 Å². The van der Waals surface area contributed by atoms with Gasteiger partial charge in [-0.3, -0.25) is 9.69 Å². The van der Waals surface area contributed by atoms with Crippen LogP contribution in [-0.4, -0.2) is 57.1 Å². The zero-order valence-electron chi connectivity index (χ0n) is 14.7. The molecule has 1 atom stereocenters. The number of halogens is 1. The van der Waals surface area contributed by atoms with E-state index in [4.69, 9.17) is 0 Å². The van der Waals surface area contributed by atoms with Crippen molar-refractivity contribution in [2.45, 2.75) is 12.5 Å². The number of H-pyrrole nitrogens is 1. The Morgan fingerprint density at radius 1 is 1.19 bits per heavy atom. The van der Waals surface area contributed by atoms with Crippen LogP contribution < -0.4 is 4.90 Å². The van der Waals surface area contributed by atoms with Crippen molar-refractivity contribution in [3.8, 4) is 0 Å². The van der Waals surface area contributed by atoms with E-state index in [2.05, 4.69) is 19.9 Å². The van der Waals surface area contributed by atoms with Crippen molar-refractivity contribution in [3.05, 3.63) is 54.2 Å². The Kier molecular flexibility index (Phi) is 4.72. The van der Waals surface area contributed by atoms with Crippen LogP contribution in [0.5, 0.6) is 0 Å². The number of aromatic amines is 1. The highest BCUT2D eigenvalue weighted by atomic mass is 19.1. The number of hydrogen-bond acceptors (Lipinski definition) is 5. The third kappa shape index (κ3) is 3.48. The minimum absolute atomic E-state index is 0.351. The van der Waals surface area contributed by atoms with Gasteiger partial charge in [0, 0.05) is 61.2 Å². The predicted octanol–water partition coefficient (Wildman–Crippen LogP) is 2.44. The maximum Gasteiger partial charge on any atom is 0.325 e. The quantitative estimate of drug-likeness (QED) is 0.735. The number of fused-ring (bicyclic) bond motifs is 1. The second-order valence-electron chi connectivity index (χ2n) is 6.60. The fourth-order valence-corrected chi connectivity index (χ4v) is 3.68. The molecule has 0 unspecified atom stereocenters. The average Bonchev–Trinajstić information content (AvgIpc) is 2.91. The monoisotopic (exact) mass is 369 g/mol. The van der Waals surface area contributed by atoms with E-state index in [0.29, 0.717) is 36.7 Å². The number of nitrogens with zero attached hydrogens (tertiary/aromatic N) is 4. The Morgan fingerprint density at radius 2 is 2.00 bits per heavy atom. The van der Waals surface area contributed by atoms with Crippen molar-refractivity contribution in [3.63, 3.8) is 0 Å². The minimum atomic E-state index is -0.912. The maximum absolute atomic E-state index is 13.5. The first-order chi connectivity index (χ1) is 13.1. The summed E-state index contributed by atoms with van der Waals surface area (Å²) in [6, 6.07) is 5.35. The number of hydrogen-bond donors (Lipinski definition) is 2. The Bertz CT molecular complexity index is 946. The number of benzene rings is 1. The third-order valence-electron chi connectivity index (χ3n) is 4.93. The highest BCUT2D eigenvalue weighted by Gasteiger charge is 2.31. The molecule has 0 amide bonds. The van der Waals surface area contributed by atoms with Crippen LogP contribution in [0.4, 0.5) is 10.3 Å². The fraction of sp³-hybridized carbons (Fsp3) is 0.316. The van der Waals surface area contributed by atoms with Gasteiger partial charge < -0.3 is 15.0 Å². The summed E-state index contributed by atoms with van der Waals surface area (Å²) in [6.07, 6.45) is 5.89. The largest absolute Gasteiger partial charge is 0.480 e. The Labute approximate surface area is 155 Å². The maximum atomic E-state index is 13.5. The highest BCUT2D eigenvalue weighted by molar-refractivity contribution is 5.89. The van der Waals surface area contributed by atoms with Crippen LogP contribution in [-0.2, 0) is 4.79 Å². The lowest BCUT2D eigenvalue weighted by atomic mass is 10.0. The molecule has 0 saturated carbocycles. The van der Waals surface area contributed by atoms with Crippen LogP contribution in [0.25, 0.3) is 10.9 Å². The van der Waals surface area contributed by atoms with Crippen LogP contribution in [0.15, 0.2) is 42.9 Å². The summed E-state index contributed by atoms with van der Waals surface area (Å²) in [5, 5.41) is 10.7. The summed E-state index contributed by atoms with van der Waals surface area (Å²) in [4.78, 5) is 27.7. The van der Waals surface area contributed by atoms with Crippen LogP contribution in [0.1, 0.15) is 18.0 Å². The molecule has 0 aliphatic carbocycles. The van der Waals surface area contributed by atoms with E-state index in [1.165, 1.54) is 12.1 Å². The van der Waals surface area contributed by atoms with Gasteiger partial charge in [-0.25, -0.2) is 14.4 Å². The minimum Gasteiger partial charge on any atom is -0.480 e. The van der Waals surface area contributed by atoms with Crippen molar-refractivity contribution in [1.29, 1.82) is 0 Å². The first-order valence-electron chi connectivity index (χ1n) is 8.89. The van der Waals surface area contributed by atoms with Crippen molar-refractivity contribution < 1.29 is 14.3 Å². The second kappa shape index (κ2) is 7.32. The van der Waals surface area contributed by atoms with E-state index in [1.54, 1.807) is 30.7 Å². The van der Waals surface area contributed by atoms with Gasteiger partial charge in [-0.2, -0.15) is 0 Å². The molecule has 140 valence electrons. The summed E-state index contributed by atoms with van der Waals surface area (Å²) in [6.45, 7) is 2.63. The number of carboxylic acids is 1. The van der Waals surface area contributed by atoms with E-state index < -0.39 is 12.0 Å².